The maximum atomic E-state index is 12.5. The summed E-state index contributed by atoms with van der Waals surface area (Å²) in [5, 5.41) is 3.52. The number of rotatable bonds is 2. The summed E-state index contributed by atoms with van der Waals surface area (Å²) < 4.78 is 0. The Morgan fingerprint density at radius 1 is 1.10 bits per heavy atom. The van der Waals surface area contributed by atoms with E-state index in [2.05, 4.69) is 17.4 Å². The Bertz CT molecular complexity index is 638. The van der Waals surface area contributed by atoms with Crippen LogP contribution in [0.5, 0.6) is 0 Å². The smallest absolute Gasteiger partial charge is 0.231 e. The molecule has 2 nitrogen and oxygen atoms in total. The molecule has 102 valence electrons. The number of hydrogen-bond donors (Lipinski definition) is 1. The third kappa shape index (κ3) is 2.56. The lowest BCUT2D eigenvalue weighted by Gasteiger charge is -2.24. The molecule has 3 rings (SSSR count). The highest BCUT2D eigenvalue weighted by Crippen LogP contribution is 2.33. The number of halogens is 1. The second-order valence-corrected chi connectivity index (χ2v) is 5.52. The van der Waals surface area contributed by atoms with Gasteiger partial charge in [0.2, 0.25) is 5.91 Å². The second-order valence-electron chi connectivity index (χ2n) is 5.11. The Labute approximate surface area is 123 Å². The first kappa shape index (κ1) is 13.2. The Kier molecular flexibility index (Phi) is 3.75. The number of aryl methyl sites for hydroxylation is 1. The molecule has 0 bridgehead atoms. The molecule has 0 aliphatic heterocycles. The van der Waals surface area contributed by atoms with Crippen molar-refractivity contribution in [3.8, 4) is 0 Å². The SMILES string of the molecule is O=C(Nc1ccccc1Cl)[C@H]1CCCc2ccccc21. The van der Waals surface area contributed by atoms with E-state index in [9.17, 15) is 4.79 Å². The first-order chi connectivity index (χ1) is 9.75. The van der Waals surface area contributed by atoms with E-state index >= 15 is 0 Å². The number of amides is 1. The van der Waals surface area contributed by atoms with Gasteiger partial charge in [-0.25, -0.2) is 0 Å². The van der Waals surface area contributed by atoms with Crippen molar-refractivity contribution in [1.82, 2.24) is 0 Å². The molecule has 0 saturated heterocycles. The summed E-state index contributed by atoms with van der Waals surface area (Å²) in [4.78, 5) is 12.5. The summed E-state index contributed by atoms with van der Waals surface area (Å²) in [7, 11) is 0. The maximum absolute atomic E-state index is 12.5. The number of carbonyl (C=O) groups is 1. The van der Waals surface area contributed by atoms with Crippen LogP contribution < -0.4 is 5.32 Å². The van der Waals surface area contributed by atoms with Crippen molar-refractivity contribution in [1.29, 1.82) is 0 Å². The molecule has 2 aromatic rings. The molecule has 0 saturated carbocycles. The Hall–Kier alpha value is -1.80. The van der Waals surface area contributed by atoms with Crippen LogP contribution in [0.3, 0.4) is 0 Å². The fraction of sp³-hybridized carbons (Fsp3) is 0.235. The number of carbonyl (C=O) groups excluding carboxylic acids is 1. The van der Waals surface area contributed by atoms with Gasteiger partial charge in [0.1, 0.15) is 0 Å². The minimum Gasteiger partial charge on any atom is -0.324 e. The van der Waals surface area contributed by atoms with E-state index in [1.54, 1.807) is 6.07 Å². The van der Waals surface area contributed by atoms with Crippen molar-refractivity contribution in [3.05, 3.63) is 64.7 Å². The van der Waals surface area contributed by atoms with Crippen molar-refractivity contribution in [2.24, 2.45) is 0 Å². The second kappa shape index (κ2) is 5.68. The topological polar surface area (TPSA) is 29.1 Å². The van der Waals surface area contributed by atoms with Gasteiger partial charge < -0.3 is 5.32 Å². The average molecular weight is 286 g/mol. The molecule has 3 heteroatoms. The van der Waals surface area contributed by atoms with Gasteiger partial charge in [0.25, 0.3) is 0 Å². The molecule has 0 fully saturated rings. The molecular formula is C17H16ClNO. The Morgan fingerprint density at radius 3 is 2.70 bits per heavy atom. The molecule has 1 aliphatic carbocycles. The zero-order valence-electron chi connectivity index (χ0n) is 11.1. The first-order valence-electron chi connectivity index (χ1n) is 6.89. The molecule has 20 heavy (non-hydrogen) atoms. The molecule has 2 aromatic carbocycles. The molecule has 0 spiro atoms. The zero-order valence-corrected chi connectivity index (χ0v) is 11.9. The van der Waals surface area contributed by atoms with E-state index in [4.69, 9.17) is 11.6 Å². The third-order valence-corrected chi connectivity index (χ3v) is 4.15. The van der Waals surface area contributed by atoms with E-state index in [1.165, 1.54) is 5.56 Å². The van der Waals surface area contributed by atoms with Gasteiger partial charge in [0, 0.05) is 0 Å². The predicted octanol–water partition coefficient (Wildman–Crippen LogP) is 4.40. The van der Waals surface area contributed by atoms with Crippen LogP contribution in [-0.2, 0) is 11.2 Å². The first-order valence-corrected chi connectivity index (χ1v) is 7.26. The van der Waals surface area contributed by atoms with Crippen LogP contribution in [0, 0.1) is 0 Å². The van der Waals surface area contributed by atoms with Crippen LogP contribution in [0.2, 0.25) is 5.02 Å². The van der Waals surface area contributed by atoms with Gasteiger partial charge in [0.15, 0.2) is 0 Å². The molecule has 1 aliphatic rings. The normalized spacial score (nSPS) is 17.4. The van der Waals surface area contributed by atoms with Crippen LogP contribution >= 0.6 is 11.6 Å². The van der Waals surface area contributed by atoms with E-state index in [0.29, 0.717) is 10.7 Å². The fourth-order valence-corrected chi connectivity index (χ4v) is 2.99. The van der Waals surface area contributed by atoms with Crippen molar-refractivity contribution < 1.29 is 4.79 Å². The van der Waals surface area contributed by atoms with Gasteiger partial charge >= 0.3 is 0 Å². The van der Waals surface area contributed by atoms with Crippen LogP contribution in [0.25, 0.3) is 0 Å². The summed E-state index contributed by atoms with van der Waals surface area (Å²) in [6.07, 6.45) is 3.01. The summed E-state index contributed by atoms with van der Waals surface area (Å²) in [6, 6.07) is 15.5. The minimum absolute atomic E-state index is 0.0326. The number of anilines is 1. The van der Waals surface area contributed by atoms with Gasteiger partial charge in [-0.05, 0) is 42.5 Å². The average Bonchev–Trinajstić information content (AvgIpc) is 2.49. The fourth-order valence-electron chi connectivity index (χ4n) is 2.81. The quantitative estimate of drug-likeness (QED) is 0.871. The van der Waals surface area contributed by atoms with E-state index < -0.39 is 0 Å². The highest BCUT2D eigenvalue weighted by molar-refractivity contribution is 6.33. The highest BCUT2D eigenvalue weighted by Gasteiger charge is 2.26. The molecule has 1 amide bonds. The molecule has 1 atom stereocenters. The zero-order chi connectivity index (χ0) is 13.9. The number of fused-ring (bicyclic) bond motifs is 1. The molecule has 0 heterocycles. The summed E-state index contributed by atoms with van der Waals surface area (Å²) in [6.45, 7) is 0. The Balaban J connectivity index is 1.84. The maximum Gasteiger partial charge on any atom is 0.231 e. The van der Waals surface area contributed by atoms with Gasteiger partial charge in [0.05, 0.1) is 16.6 Å². The summed E-state index contributed by atoms with van der Waals surface area (Å²) in [5.41, 5.74) is 3.13. The number of para-hydroxylation sites is 1. The predicted molar refractivity (Wildman–Crippen MR) is 82.2 cm³/mol. The van der Waals surface area contributed by atoms with Crippen LogP contribution in [0.15, 0.2) is 48.5 Å². The third-order valence-electron chi connectivity index (χ3n) is 3.82. The van der Waals surface area contributed by atoms with Gasteiger partial charge in [-0.3, -0.25) is 4.79 Å². The molecular weight excluding hydrogens is 270 g/mol. The lowest BCUT2D eigenvalue weighted by molar-refractivity contribution is -0.117. The standard InChI is InChI=1S/C17H16ClNO/c18-15-10-3-4-11-16(15)19-17(20)14-9-5-7-12-6-1-2-8-13(12)14/h1-4,6,8,10-11,14H,5,7,9H2,(H,19,20)/t14-/m0/s1. The van der Waals surface area contributed by atoms with Crippen molar-refractivity contribution >= 4 is 23.2 Å². The minimum atomic E-state index is -0.0729. The van der Waals surface area contributed by atoms with Gasteiger partial charge in [-0.15, -0.1) is 0 Å². The van der Waals surface area contributed by atoms with Gasteiger partial charge in [-0.2, -0.15) is 0 Å². The summed E-state index contributed by atoms with van der Waals surface area (Å²) in [5.74, 6) is -0.0403. The van der Waals surface area contributed by atoms with E-state index in [0.717, 1.165) is 24.8 Å². The molecule has 0 radical (unpaired) electrons. The van der Waals surface area contributed by atoms with Crippen LogP contribution in [0.1, 0.15) is 29.9 Å². The number of nitrogens with one attached hydrogen (secondary N) is 1. The van der Waals surface area contributed by atoms with Crippen molar-refractivity contribution in [2.45, 2.75) is 25.2 Å². The molecule has 0 aromatic heterocycles. The lowest BCUT2D eigenvalue weighted by atomic mass is 9.82. The number of benzene rings is 2. The van der Waals surface area contributed by atoms with E-state index in [1.807, 2.05) is 30.3 Å². The van der Waals surface area contributed by atoms with Crippen LogP contribution in [0.4, 0.5) is 5.69 Å². The van der Waals surface area contributed by atoms with Crippen LogP contribution in [-0.4, -0.2) is 5.91 Å². The van der Waals surface area contributed by atoms with Gasteiger partial charge in [-0.1, -0.05) is 48.0 Å². The Morgan fingerprint density at radius 2 is 1.85 bits per heavy atom. The monoisotopic (exact) mass is 285 g/mol. The lowest BCUT2D eigenvalue weighted by Crippen LogP contribution is -2.24. The van der Waals surface area contributed by atoms with E-state index in [-0.39, 0.29) is 11.8 Å². The van der Waals surface area contributed by atoms with Crippen molar-refractivity contribution in [3.63, 3.8) is 0 Å². The largest absolute Gasteiger partial charge is 0.324 e. The molecule has 0 unspecified atom stereocenters. The summed E-state index contributed by atoms with van der Waals surface area (Å²) >= 11 is 6.09. The highest BCUT2D eigenvalue weighted by atomic mass is 35.5. The number of hydrogen-bond acceptors (Lipinski definition) is 1. The van der Waals surface area contributed by atoms with Crippen molar-refractivity contribution in [2.75, 3.05) is 5.32 Å². The molecule has 1 N–H and O–H groups in total.